The lowest BCUT2D eigenvalue weighted by Gasteiger charge is -2.11. The molecule has 0 heterocycles. The average Bonchev–Trinajstić information content (AvgIpc) is 2.83. The summed E-state index contributed by atoms with van der Waals surface area (Å²) in [5.74, 6) is 4.27. The van der Waals surface area contributed by atoms with Crippen LogP contribution in [0, 0.1) is 11.8 Å². The van der Waals surface area contributed by atoms with E-state index in [1.54, 1.807) is 0 Å². The molecular weight excluding hydrogens is 178 g/mol. The fourth-order valence-electron chi connectivity index (χ4n) is 1.39. The second-order valence-electron chi connectivity index (χ2n) is 4.71. The number of thioether (sulfide) groups is 1. The molecule has 0 radical (unpaired) electrons. The number of rotatable bonds is 7. The van der Waals surface area contributed by atoms with Crippen LogP contribution in [0.4, 0.5) is 0 Å². The average molecular weight is 201 g/mol. The monoisotopic (exact) mass is 201 g/mol. The molecule has 0 aliphatic heterocycles. The molecule has 0 amide bonds. The Labute approximate surface area is 86.8 Å². The van der Waals surface area contributed by atoms with Gasteiger partial charge in [-0.05, 0) is 30.4 Å². The van der Waals surface area contributed by atoms with Crippen molar-refractivity contribution in [1.29, 1.82) is 0 Å². The minimum atomic E-state index is 0.448. The van der Waals surface area contributed by atoms with Crippen molar-refractivity contribution in [1.82, 2.24) is 0 Å². The standard InChI is InChI=1S/C11H23NS/c1-9(2)7-13-8-11(12)6-5-10-3-4-10/h9-11H,3-8,12H2,1-2H3. The third kappa shape index (κ3) is 6.39. The lowest BCUT2D eigenvalue weighted by atomic mass is 10.1. The molecule has 0 aromatic heterocycles. The van der Waals surface area contributed by atoms with Gasteiger partial charge in [-0.25, -0.2) is 0 Å². The maximum Gasteiger partial charge on any atom is 0.0130 e. The van der Waals surface area contributed by atoms with Crippen LogP contribution < -0.4 is 5.73 Å². The first-order chi connectivity index (χ1) is 6.18. The molecule has 0 spiro atoms. The van der Waals surface area contributed by atoms with Gasteiger partial charge < -0.3 is 5.73 Å². The van der Waals surface area contributed by atoms with Crippen LogP contribution in [0.1, 0.15) is 39.5 Å². The van der Waals surface area contributed by atoms with Crippen molar-refractivity contribution in [3.8, 4) is 0 Å². The third-order valence-electron chi connectivity index (χ3n) is 2.43. The molecule has 1 fully saturated rings. The van der Waals surface area contributed by atoms with Crippen LogP contribution in [0.5, 0.6) is 0 Å². The molecule has 1 aliphatic rings. The molecule has 1 atom stereocenters. The maximum absolute atomic E-state index is 6.02. The summed E-state index contributed by atoms with van der Waals surface area (Å²) in [5, 5.41) is 0. The molecule has 2 heteroatoms. The predicted octanol–water partition coefficient (Wildman–Crippen LogP) is 2.89. The first kappa shape index (κ1) is 11.4. The summed E-state index contributed by atoms with van der Waals surface area (Å²) in [5.41, 5.74) is 6.02. The van der Waals surface area contributed by atoms with Crippen LogP contribution in [0.25, 0.3) is 0 Å². The number of nitrogens with two attached hydrogens (primary N) is 1. The molecule has 0 aromatic carbocycles. The van der Waals surface area contributed by atoms with Crippen molar-refractivity contribution < 1.29 is 0 Å². The largest absolute Gasteiger partial charge is 0.327 e. The van der Waals surface area contributed by atoms with Gasteiger partial charge in [0, 0.05) is 11.8 Å². The summed E-state index contributed by atoms with van der Waals surface area (Å²) in [6, 6.07) is 0.448. The summed E-state index contributed by atoms with van der Waals surface area (Å²) in [6.07, 6.45) is 5.55. The molecule has 0 aromatic rings. The maximum atomic E-state index is 6.02. The molecule has 1 aliphatic carbocycles. The lowest BCUT2D eigenvalue weighted by Crippen LogP contribution is -2.23. The Morgan fingerprint density at radius 2 is 2.00 bits per heavy atom. The topological polar surface area (TPSA) is 26.0 Å². The minimum absolute atomic E-state index is 0.448. The zero-order valence-corrected chi connectivity index (χ0v) is 9.78. The van der Waals surface area contributed by atoms with E-state index >= 15 is 0 Å². The Kier molecular flexibility index (Phi) is 5.18. The summed E-state index contributed by atoms with van der Waals surface area (Å²) in [7, 11) is 0. The van der Waals surface area contributed by atoms with Gasteiger partial charge in [0.15, 0.2) is 0 Å². The predicted molar refractivity (Wildman–Crippen MR) is 62.1 cm³/mol. The number of hydrogen-bond acceptors (Lipinski definition) is 2. The van der Waals surface area contributed by atoms with Crippen LogP contribution in [0.2, 0.25) is 0 Å². The van der Waals surface area contributed by atoms with Crippen LogP contribution in [0.3, 0.4) is 0 Å². The minimum Gasteiger partial charge on any atom is -0.327 e. The summed E-state index contributed by atoms with van der Waals surface area (Å²) in [6.45, 7) is 4.53. The van der Waals surface area contributed by atoms with E-state index in [0.717, 1.165) is 17.6 Å². The lowest BCUT2D eigenvalue weighted by molar-refractivity contribution is 0.591. The smallest absolute Gasteiger partial charge is 0.0130 e. The van der Waals surface area contributed by atoms with E-state index in [0.29, 0.717) is 6.04 Å². The van der Waals surface area contributed by atoms with Crippen LogP contribution in [-0.2, 0) is 0 Å². The fraction of sp³-hybridized carbons (Fsp3) is 1.00. The molecule has 1 saturated carbocycles. The first-order valence-electron chi connectivity index (χ1n) is 5.51. The first-order valence-corrected chi connectivity index (χ1v) is 6.67. The fourth-order valence-corrected chi connectivity index (χ4v) is 2.47. The summed E-state index contributed by atoms with van der Waals surface area (Å²) >= 11 is 2.02. The van der Waals surface area contributed by atoms with Crippen LogP contribution >= 0.6 is 11.8 Å². The van der Waals surface area contributed by atoms with Gasteiger partial charge in [-0.2, -0.15) is 11.8 Å². The molecular formula is C11H23NS. The molecule has 1 rings (SSSR count). The van der Waals surface area contributed by atoms with Crippen molar-refractivity contribution in [3.05, 3.63) is 0 Å². The van der Waals surface area contributed by atoms with Crippen molar-refractivity contribution in [2.45, 2.75) is 45.6 Å². The van der Waals surface area contributed by atoms with Crippen LogP contribution in [-0.4, -0.2) is 17.5 Å². The Morgan fingerprint density at radius 1 is 1.31 bits per heavy atom. The molecule has 1 unspecified atom stereocenters. The van der Waals surface area contributed by atoms with Crippen molar-refractivity contribution in [2.75, 3.05) is 11.5 Å². The Morgan fingerprint density at radius 3 is 2.54 bits per heavy atom. The Hall–Kier alpha value is 0.310. The van der Waals surface area contributed by atoms with Gasteiger partial charge in [0.25, 0.3) is 0 Å². The van der Waals surface area contributed by atoms with Gasteiger partial charge in [-0.3, -0.25) is 0 Å². The van der Waals surface area contributed by atoms with Crippen molar-refractivity contribution in [3.63, 3.8) is 0 Å². The Bertz CT molecular complexity index is 132. The number of hydrogen-bond donors (Lipinski definition) is 1. The zero-order chi connectivity index (χ0) is 9.68. The van der Waals surface area contributed by atoms with Crippen LogP contribution in [0.15, 0.2) is 0 Å². The Balaban J connectivity index is 1.87. The van der Waals surface area contributed by atoms with E-state index in [-0.39, 0.29) is 0 Å². The highest BCUT2D eigenvalue weighted by Crippen LogP contribution is 2.33. The molecule has 2 N–H and O–H groups in total. The second-order valence-corrected chi connectivity index (χ2v) is 5.79. The summed E-state index contributed by atoms with van der Waals surface area (Å²) in [4.78, 5) is 0. The van der Waals surface area contributed by atoms with Gasteiger partial charge in [0.05, 0.1) is 0 Å². The normalized spacial score (nSPS) is 19.4. The summed E-state index contributed by atoms with van der Waals surface area (Å²) < 4.78 is 0. The quantitative estimate of drug-likeness (QED) is 0.685. The van der Waals surface area contributed by atoms with E-state index in [1.165, 1.54) is 31.4 Å². The third-order valence-corrected chi connectivity index (χ3v) is 3.99. The van der Waals surface area contributed by atoms with Gasteiger partial charge in [-0.15, -0.1) is 0 Å². The SMILES string of the molecule is CC(C)CSCC(N)CCC1CC1. The van der Waals surface area contributed by atoms with E-state index in [1.807, 2.05) is 11.8 Å². The molecule has 78 valence electrons. The van der Waals surface area contributed by atoms with E-state index < -0.39 is 0 Å². The zero-order valence-electron chi connectivity index (χ0n) is 8.96. The van der Waals surface area contributed by atoms with Gasteiger partial charge in [0.2, 0.25) is 0 Å². The molecule has 1 nitrogen and oxygen atoms in total. The van der Waals surface area contributed by atoms with Gasteiger partial charge in [-0.1, -0.05) is 26.7 Å². The molecule has 0 saturated heterocycles. The van der Waals surface area contributed by atoms with Crippen molar-refractivity contribution >= 4 is 11.8 Å². The molecule has 0 bridgehead atoms. The highest BCUT2D eigenvalue weighted by molar-refractivity contribution is 7.99. The van der Waals surface area contributed by atoms with E-state index in [2.05, 4.69) is 13.8 Å². The molecule has 13 heavy (non-hydrogen) atoms. The van der Waals surface area contributed by atoms with Gasteiger partial charge >= 0.3 is 0 Å². The van der Waals surface area contributed by atoms with E-state index in [9.17, 15) is 0 Å². The van der Waals surface area contributed by atoms with Crippen molar-refractivity contribution in [2.24, 2.45) is 17.6 Å². The second kappa shape index (κ2) is 5.92. The van der Waals surface area contributed by atoms with E-state index in [4.69, 9.17) is 5.73 Å². The highest BCUT2D eigenvalue weighted by Gasteiger charge is 2.21. The highest BCUT2D eigenvalue weighted by atomic mass is 32.2. The van der Waals surface area contributed by atoms with Gasteiger partial charge in [0.1, 0.15) is 0 Å².